The van der Waals surface area contributed by atoms with Crippen molar-refractivity contribution in [3.8, 4) is 18.1 Å². The van der Waals surface area contributed by atoms with E-state index in [-0.39, 0.29) is 0 Å². The minimum atomic E-state index is -1.11. The van der Waals surface area contributed by atoms with Gasteiger partial charge in [-0.05, 0) is 19.4 Å². The molecule has 0 bridgehead atoms. The molecular weight excluding hydrogens is 216 g/mol. The van der Waals surface area contributed by atoms with Gasteiger partial charge < -0.3 is 9.47 Å². The zero-order chi connectivity index (χ0) is 13.1. The molecule has 1 rings (SSSR count). The molecule has 1 unspecified atom stereocenters. The number of hydrogen-bond acceptors (Lipinski definition) is 3. The topological polar surface area (TPSA) is 35.5 Å². The van der Waals surface area contributed by atoms with E-state index in [2.05, 4.69) is 5.92 Å². The number of carbonyl (C=O) groups excluding carboxylic acids is 1. The zero-order valence-corrected chi connectivity index (χ0v) is 10.5. The van der Waals surface area contributed by atoms with Crippen LogP contribution < -0.4 is 4.74 Å². The Kier molecular flexibility index (Phi) is 3.80. The van der Waals surface area contributed by atoms with Crippen molar-refractivity contribution in [2.45, 2.75) is 26.4 Å². The molecule has 0 aliphatic rings. The van der Waals surface area contributed by atoms with Gasteiger partial charge in [-0.15, -0.1) is 6.42 Å². The molecule has 0 saturated heterocycles. The molecule has 90 valence electrons. The molecule has 0 aliphatic carbocycles. The Balaban J connectivity index is 3.35. The number of terminal acetylenes is 1. The van der Waals surface area contributed by atoms with E-state index in [9.17, 15) is 4.79 Å². The highest BCUT2D eigenvalue weighted by atomic mass is 16.6. The minimum absolute atomic E-state index is 0.422. The van der Waals surface area contributed by atoms with Crippen LogP contribution in [0.1, 0.15) is 25.0 Å². The highest BCUT2D eigenvalue weighted by Crippen LogP contribution is 2.34. The third kappa shape index (κ3) is 2.59. The Morgan fingerprint density at radius 1 is 1.47 bits per heavy atom. The summed E-state index contributed by atoms with van der Waals surface area (Å²) in [5.74, 6) is 2.73. The van der Waals surface area contributed by atoms with Gasteiger partial charge in [0, 0.05) is 12.5 Å². The van der Waals surface area contributed by atoms with Crippen LogP contribution in [0.3, 0.4) is 0 Å². The Morgan fingerprint density at radius 3 is 2.59 bits per heavy atom. The van der Waals surface area contributed by atoms with Crippen LogP contribution >= 0.6 is 0 Å². The van der Waals surface area contributed by atoms with E-state index in [1.54, 1.807) is 20.1 Å². The molecule has 1 aromatic rings. The van der Waals surface area contributed by atoms with Crippen molar-refractivity contribution in [3.63, 3.8) is 0 Å². The fourth-order valence-corrected chi connectivity index (χ4v) is 1.75. The number of hydrogen-bond donors (Lipinski definition) is 0. The summed E-state index contributed by atoms with van der Waals surface area (Å²) in [5.41, 5.74) is 0.514. The lowest BCUT2D eigenvalue weighted by Crippen LogP contribution is -2.27. The van der Waals surface area contributed by atoms with Gasteiger partial charge in [0.15, 0.2) is 5.60 Å². The molecule has 0 N–H and O–H groups in total. The van der Waals surface area contributed by atoms with E-state index in [0.29, 0.717) is 11.3 Å². The minimum Gasteiger partial charge on any atom is -0.496 e. The van der Waals surface area contributed by atoms with E-state index < -0.39 is 11.6 Å². The molecular formula is C14H16O3. The molecule has 0 radical (unpaired) electrons. The van der Waals surface area contributed by atoms with Gasteiger partial charge in [-0.25, -0.2) is 0 Å². The molecule has 0 aromatic heterocycles. The lowest BCUT2D eigenvalue weighted by atomic mass is 9.93. The normalized spacial score (nSPS) is 13.4. The summed E-state index contributed by atoms with van der Waals surface area (Å²) in [6.07, 6.45) is 5.48. The standard InChI is InChI=1S/C14H16O3/c1-6-14(4,17-11(3)15)12-9-7-8-10(2)13(12)16-5/h1,7-9H,2-5H3. The summed E-state index contributed by atoms with van der Waals surface area (Å²) in [6.45, 7) is 4.91. The number of benzene rings is 1. The van der Waals surface area contributed by atoms with Gasteiger partial charge in [-0.3, -0.25) is 4.79 Å². The number of carbonyl (C=O) groups is 1. The average Bonchev–Trinajstić information content (AvgIpc) is 2.27. The van der Waals surface area contributed by atoms with Gasteiger partial charge in [-0.2, -0.15) is 0 Å². The van der Waals surface area contributed by atoms with Crippen molar-refractivity contribution in [3.05, 3.63) is 29.3 Å². The van der Waals surface area contributed by atoms with Gasteiger partial charge >= 0.3 is 5.97 Å². The summed E-state index contributed by atoms with van der Waals surface area (Å²) in [6, 6.07) is 5.56. The molecule has 0 fully saturated rings. The summed E-state index contributed by atoms with van der Waals surface area (Å²) < 4.78 is 10.5. The zero-order valence-electron chi connectivity index (χ0n) is 10.5. The van der Waals surface area contributed by atoms with Gasteiger partial charge in [0.05, 0.1) is 7.11 Å². The average molecular weight is 232 g/mol. The van der Waals surface area contributed by atoms with Crippen LogP contribution in [0, 0.1) is 19.3 Å². The highest BCUT2D eigenvalue weighted by Gasteiger charge is 2.31. The van der Waals surface area contributed by atoms with Crippen molar-refractivity contribution in [2.24, 2.45) is 0 Å². The number of rotatable bonds is 3. The van der Waals surface area contributed by atoms with E-state index >= 15 is 0 Å². The van der Waals surface area contributed by atoms with E-state index in [0.717, 1.165) is 5.56 Å². The SMILES string of the molecule is C#CC(C)(OC(C)=O)c1cccc(C)c1OC. The van der Waals surface area contributed by atoms with Crippen molar-refractivity contribution >= 4 is 5.97 Å². The monoisotopic (exact) mass is 232 g/mol. The first-order valence-electron chi connectivity index (χ1n) is 5.26. The second-order valence-electron chi connectivity index (χ2n) is 3.93. The van der Waals surface area contributed by atoms with Crippen LogP contribution in [-0.4, -0.2) is 13.1 Å². The predicted octanol–water partition coefficient (Wildman–Crippen LogP) is 2.42. The Hall–Kier alpha value is -1.95. The predicted molar refractivity (Wildman–Crippen MR) is 65.7 cm³/mol. The van der Waals surface area contributed by atoms with Crippen molar-refractivity contribution < 1.29 is 14.3 Å². The van der Waals surface area contributed by atoms with Crippen LogP contribution in [0.4, 0.5) is 0 Å². The fraction of sp³-hybridized carbons (Fsp3) is 0.357. The first-order chi connectivity index (χ1) is 7.94. The number of aryl methyl sites for hydroxylation is 1. The third-order valence-corrected chi connectivity index (χ3v) is 2.55. The molecule has 0 spiro atoms. The number of esters is 1. The fourth-order valence-electron chi connectivity index (χ4n) is 1.75. The highest BCUT2D eigenvalue weighted by molar-refractivity contribution is 5.68. The Morgan fingerprint density at radius 2 is 2.12 bits per heavy atom. The van der Waals surface area contributed by atoms with Crippen molar-refractivity contribution in [1.82, 2.24) is 0 Å². The summed E-state index contributed by atoms with van der Waals surface area (Å²) in [4.78, 5) is 11.1. The van der Waals surface area contributed by atoms with Crippen molar-refractivity contribution in [2.75, 3.05) is 7.11 Å². The molecule has 1 aromatic carbocycles. The van der Waals surface area contributed by atoms with Crippen LogP contribution in [0.25, 0.3) is 0 Å². The van der Waals surface area contributed by atoms with Gasteiger partial charge in [0.1, 0.15) is 5.75 Å². The number of methoxy groups -OCH3 is 1. The largest absolute Gasteiger partial charge is 0.496 e. The maximum absolute atomic E-state index is 11.1. The molecule has 17 heavy (non-hydrogen) atoms. The van der Waals surface area contributed by atoms with Crippen LogP contribution in [0.5, 0.6) is 5.75 Å². The first kappa shape index (κ1) is 13.1. The van der Waals surface area contributed by atoms with Crippen LogP contribution in [-0.2, 0) is 15.1 Å². The maximum atomic E-state index is 11.1. The van der Waals surface area contributed by atoms with Gasteiger partial charge in [0.25, 0.3) is 0 Å². The van der Waals surface area contributed by atoms with E-state index in [1.165, 1.54) is 6.92 Å². The summed E-state index contributed by atoms with van der Waals surface area (Å²) in [5, 5.41) is 0. The maximum Gasteiger partial charge on any atom is 0.304 e. The Labute approximate surface area is 102 Å². The van der Waals surface area contributed by atoms with E-state index in [4.69, 9.17) is 15.9 Å². The lowest BCUT2D eigenvalue weighted by molar-refractivity contribution is -0.151. The Bertz CT molecular complexity index is 471. The number of para-hydroxylation sites is 1. The first-order valence-corrected chi connectivity index (χ1v) is 5.26. The number of ether oxygens (including phenoxy) is 2. The second-order valence-corrected chi connectivity index (χ2v) is 3.93. The molecule has 0 amide bonds. The lowest BCUT2D eigenvalue weighted by Gasteiger charge is -2.26. The molecule has 3 heteroatoms. The van der Waals surface area contributed by atoms with E-state index in [1.807, 2.05) is 19.1 Å². The summed E-state index contributed by atoms with van der Waals surface area (Å²) in [7, 11) is 1.57. The third-order valence-electron chi connectivity index (χ3n) is 2.55. The van der Waals surface area contributed by atoms with Crippen LogP contribution in [0.15, 0.2) is 18.2 Å². The molecule has 0 heterocycles. The summed E-state index contributed by atoms with van der Waals surface area (Å²) >= 11 is 0. The molecule has 1 atom stereocenters. The van der Waals surface area contributed by atoms with Crippen LogP contribution in [0.2, 0.25) is 0 Å². The molecule has 0 aliphatic heterocycles. The van der Waals surface area contributed by atoms with Gasteiger partial charge in [-0.1, -0.05) is 24.1 Å². The molecule has 0 saturated carbocycles. The molecule has 3 nitrogen and oxygen atoms in total. The smallest absolute Gasteiger partial charge is 0.304 e. The van der Waals surface area contributed by atoms with Crippen molar-refractivity contribution in [1.29, 1.82) is 0 Å². The quantitative estimate of drug-likeness (QED) is 0.593. The van der Waals surface area contributed by atoms with Gasteiger partial charge in [0.2, 0.25) is 0 Å². The second kappa shape index (κ2) is 4.92.